The lowest BCUT2D eigenvalue weighted by Gasteiger charge is -2.33. The maximum absolute atomic E-state index is 9.36. The molecule has 0 spiro atoms. The molecule has 2 aromatic rings. The summed E-state index contributed by atoms with van der Waals surface area (Å²) in [6.45, 7) is 6.88. The van der Waals surface area contributed by atoms with Crippen LogP contribution in [0.4, 0.5) is 5.88 Å². The van der Waals surface area contributed by atoms with Crippen molar-refractivity contribution in [2.24, 2.45) is 0 Å². The van der Waals surface area contributed by atoms with E-state index in [1.54, 1.807) is 7.11 Å². The molecule has 25 heavy (non-hydrogen) atoms. The Morgan fingerprint density at radius 1 is 1.20 bits per heavy atom. The summed E-state index contributed by atoms with van der Waals surface area (Å²) in [6, 6.07) is 9.50. The molecule has 0 aliphatic carbocycles. The van der Waals surface area contributed by atoms with Crippen molar-refractivity contribution in [1.82, 2.24) is 9.88 Å². The van der Waals surface area contributed by atoms with E-state index in [1.807, 2.05) is 24.3 Å². The Morgan fingerprint density at radius 2 is 1.92 bits per heavy atom. The monoisotopic (exact) mass is 342 g/mol. The van der Waals surface area contributed by atoms with E-state index in [1.165, 1.54) is 0 Å². The number of likely N-dealkylation sites (N-methyl/N-ethyl adjacent to an activating group) is 1. The van der Waals surface area contributed by atoms with Crippen molar-refractivity contribution in [3.05, 3.63) is 35.9 Å². The van der Waals surface area contributed by atoms with Gasteiger partial charge in [0.2, 0.25) is 17.5 Å². The van der Waals surface area contributed by atoms with Crippen LogP contribution in [0.2, 0.25) is 0 Å². The molecule has 0 N–H and O–H groups in total. The third-order valence-corrected chi connectivity index (χ3v) is 4.29. The number of piperazine rings is 1. The first-order valence-corrected chi connectivity index (χ1v) is 8.38. The number of oxazole rings is 1. The Morgan fingerprint density at radius 3 is 2.56 bits per heavy atom. The van der Waals surface area contributed by atoms with Gasteiger partial charge < -0.3 is 23.7 Å². The van der Waals surface area contributed by atoms with Crippen molar-refractivity contribution in [3.63, 3.8) is 0 Å². The summed E-state index contributed by atoms with van der Waals surface area (Å²) in [5, 5.41) is 9.36. The number of rotatable bonds is 6. The van der Waals surface area contributed by atoms with Crippen molar-refractivity contribution in [2.45, 2.75) is 13.5 Å². The third-order valence-electron chi connectivity index (χ3n) is 4.29. The molecular formula is C18H22N4O3. The van der Waals surface area contributed by atoms with Crippen LogP contribution in [0.5, 0.6) is 11.5 Å². The average Bonchev–Trinajstić information content (AvgIpc) is 3.10. The number of ether oxygens (including phenoxy) is 2. The lowest BCUT2D eigenvalue weighted by atomic mass is 10.3. The first kappa shape index (κ1) is 17.1. The van der Waals surface area contributed by atoms with Crippen molar-refractivity contribution in [1.29, 1.82) is 5.26 Å². The van der Waals surface area contributed by atoms with Crippen LogP contribution in [0.1, 0.15) is 18.5 Å². The van der Waals surface area contributed by atoms with Crippen LogP contribution in [-0.2, 0) is 6.61 Å². The smallest absolute Gasteiger partial charge is 0.236 e. The Balaban J connectivity index is 1.69. The number of benzene rings is 1. The molecule has 132 valence electrons. The van der Waals surface area contributed by atoms with Gasteiger partial charge in [0.25, 0.3) is 0 Å². The van der Waals surface area contributed by atoms with Crippen molar-refractivity contribution >= 4 is 5.88 Å². The van der Waals surface area contributed by atoms with Gasteiger partial charge in [-0.2, -0.15) is 10.2 Å². The lowest BCUT2D eigenvalue weighted by molar-refractivity contribution is 0.245. The average molecular weight is 342 g/mol. The molecule has 1 saturated heterocycles. The highest BCUT2D eigenvalue weighted by Crippen LogP contribution is 2.28. The minimum absolute atomic E-state index is 0.143. The van der Waals surface area contributed by atoms with Crippen LogP contribution in [0.3, 0.4) is 0 Å². The minimum atomic E-state index is 0.143. The van der Waals surface area contributed by atoms with E-state index in [0.717, 1.165) is 32.7 Å². The zero-order valence-corrected chi connectivity index (χ0v) is 14.6. The maximum atomic E-state index is 9.36. The summed E-state index contributed by atoms with van der Waals surface area (Å²) < 4.78 is 16.8. The van der Waals surface area contributed by atoms with Crippen LogP contribution in [0.25, 0.3) is 0 Å². The SMILES string of the molecule is CCN1CCN(c2oc(COc3ccccc3OC)nc2C#N)CC1. The normalized spacial score (nSPS) is 15.0. The van der Waals surface area contributed by atoms with E-state index < -0.39 is 0 Å². The van der Waals surface area contributed by atoms with Gasteiger partial charge in [-0.25, -0.2) is 0 Å². The van der Waals surface area contributed by atoms with Crippen LogP contribution < -0.4 is 14.4 Å². The van der Waals surface area contributed by atoms with Gasteiger partial charge >= 0.3 is 0 Å². The number of nitriles is 1. The van der Waals surface area contributed by atoms with Gasteiger partial charge in [-0.15, -0.1) is 0 Å². The highest BCUT2D eigenvalue weighted by Gasteiger charge is 2.23. The Labute approximate surface area is 147 Å². The van der Waals surface area contributed by atoms with E-state index in [0.29, 0.717) is 29.0 Å². The molecule has 0 amide bonds. The number of anilines is 1. The number of hydrogen-bond acceptors (Lipinski definition) is 7. The molecule has 7 heteroatoms. The molecule has 0 radical (unpaired) electrons. The van der Waals surface area contributed by atoms with Crippen molar-refractivity contribution in [3.8, 4) is 17.6 Å². The van der Waals surface area contributed by atoms with Crippen LogP contribution in [0.15, 0.2) is 28.7 Å². The Hall–Kier alpha value is -2.72. The minimum Gasteiger partial charge on any atom is -0.493 e. The van der Waals surface area contributed by atoms with Gasteiger partial charge in [0.05, 0.1) is 7.11 Å². The Bertz CT molecular complexity index is 745. The second-order valence-corrected chi connectivity index (χ2v) is 5.73. The lowest BCUT2D eigenvalue weighted by Crippen LogP contribution is -2.46. The van der Waals surface area contributed by atoms with Crippen molar-refractivity contribution < 1.29 is 13.9 Å². The van der Waals surface area contributed by atoms with Gasteiger partial charge in [0, 0.05) is 26.2 Å². The van der Waals surface area contributed by atoms with Gasteiger partial charge in [-0.05, 0) is 18.7 Å². The fourth-order valence-electron chi connectivity index (χ4n) is 2.85. The molecule has 1 fully saturated rings. The number of hydrogen-bond donors (Lipinski definition) is 0. The van der Waals surface area contributed by atoms with E-state index in [-0.39, 0.29) is 6.61 Å². The molecular weight excluding hydrogens is 320 g/mol. The summed E-state index contributed by atoms with van der Waals surface area (Å²) in [5.41, 5.74) is 0.309. The molecule has 0 saturated carbocycles. The van der Waals surface area contributed by atoms with Crippen LogP contribution in [-0.4, -0.2) is 49.7 Å². The summed E-state index contributed by atoms with van der Waals surface area (Å²) >= 11 is 0. The molecule has 2 heterocycles. The molecule has 1 aliphatic rings. The van der Waals surface area contributed by atoms with Crippen LogP contribution in [0, 0.1) is 11.3 Å². The first-order chi connectivity index (χ1) is 12.2. The number of nitrogens with zero attached hydrogens (tertiary/aromatic N) is 4. The summed E-state index contributed by atoms with van der Waals surface area (Å²) in [7, 11) is 1.59. The second kappa shape index (κ2) is 7.90. The summed E-state index contributed by atoms with van der Waals surface area (Å²) in [6.07, 6.45) is 0. The maximum Gasteiger partial charge on any atom is 0.236 e. The predicted octanol–water partition coefficient (Wildman–Crippen LogP) is 2.28. The standard InChI is InChI=1S/C18H22N4O3/c1-3-21-8-10-22(11-9-21)18-14(12-19)20-17(25-18)13-24-16-7-5-4-6-15(16)23-2/h4-7H,3,8-11,13H2,1-2H3. The number of methoxy groups -OCH3 is 1. The first-order valence-electron chi connectivity index (χ1n) is 8.38. The largest absolute Gasteiger partial charge is 0.493 e. The zero-order valence-electron chi connectivity index (χ0n) is 14.6. The Kier molecular flexibility index (Phi) is 5.41. The van der Waals surface area contributed by atoms with E-state index >= 15 is 0 Å². The fraction of sp³-hybridized carbons (Fsp3) is 0.444. The molecule has 0 bridgehead atoms. The molecule has 7 nitrogen and oxygen atoms in total. The number of para-hydroxylation sites is 2. The number of aromatic nitrogens is 1. The third kappa shape index (κ3) is 3.86. The quantitative estimate of drug-likeness (QED) is 0.797. The molecule has 1 aliphatic heterocycles. The van der Waals surface area contributed by atoms with E-state index in [4.69, 9.17) is 13.9 Å². The highest BCUT2D eigenvalue weighted by molar-refractivity contribution is 5.48. The molecule has 1 aromatic carbocycles. The van der Waals surface area contributed by atoms with Gasteiger partial charge in [0.15, 0.2) is 18.1 Å². The topological polar surface area (TPSA) is 74.8 Å². The predicted molar refractivity (Wildman–Crippen MR) is 92.9 cm³/mol. The van der Waals surface area contributed by atoms with E-state index in [2.05, 4.69) is 27.8 Å². The van der Waals surface area contributed by atoms with E-state index in [9.17, 15) is 5.26 Å². The molecule has 0 atom stereocenters. The molecule has 0 unspecified atom stereocenters. The van der Waals surface area contributed by atoms with Gasteiger partial charge in [-0.1, -0.05) is 19.1 Å². The van der Waals surface area contributed by atoms with Gasteiger partial charge in [0.1, 0.15) is 6.07 Å². The zero-order chi connectivity index (χ0) is 17.6. The molecule has 1 aromatic heterocycles. The second-order valence-electron chi connectivity index (χ2n) is 5.73. The fourth-order valence-corrected chi connectivity index (χ4v) is 2.85. The van der Waals surface area contributed by atoms with Crippen molar-refractivity contribution in [2.75, 3.05) is 44.7 Å². The summed E-state index contributed by atoms with van der Waals surface area (Å²) in [5.74, 6) is 2.18. The van der Waals surface area contributed by atoms with Crippen LogP contribution >= 0.6 is 0 Å². The van der Waals surface area contributed by atoms with Gasteiger partial charge in [-0.3, -0.25) is 0 Å². The summed E-state index contributed by atoms with van der Waals surface area (Å²) in [4.78, 5) is 8.70. The highest BCUT2D eigenvalue weighted by atomic mass is 16.5. The molecule has 3 rings (SSSR count).